The zero-order valence-corrected chi connectivity index (χ0v) is 11.5. The number of nitrogens with zero attached hydrogens (tertiary/aromatic N) is 1. The van der Waals surface area contributed by atoms with Crippen LogP contribution in [0.15, 0.2) is 34.9 Å². The molecular weight excluding hydrogens is 268 g/mol. The van der Waals surface area contributed by atoms with Gasteiger partial charge in [-0.1, -0.05) is 35.5 Å². The maximum absolute atomic E-state index is 11.6. The number of carbonyl (C=O) groups is 1. The minimum atomic E-state index is -0.605. The molecular formula is C16H14N2O3. The van der Waals surface area contributed by atoms with Crippen LogP contribution in [-0.2, 0) is 11.3 Å². The summed E-state index contributed by atoms with van der Waals surface area (Å²) in [5.74, 6) is 2.47. The first-order chi connectivity index (χ1) is 10.2. The Kier molecular flexibility index (Phi) is 6.11. The van der Waals surface area contributed by atoms with E-state index in [0.717, 1.165) is 5.56 Å². The molecule has 0 aliphatic rings. The summed E-state index contributed by atoms with van der Waals surface area (Å²) in [5.41, 5.74) is 1.77. The second-order valence-corrected chi connectivity index (χ2v) is 3.80. The number of nitrogens with one attached hydrogen (secondary N) is 1. The summed E-state index contributed by atoms with van der Waals surface area (Å²) >= 11 is 0. The fourth-order valence-corrected chi connectivity index (χ4v) is 1.48. The molecule has 21 heavy (non-hydrogen) atoms. The lowest BCUT2D eigenvalue weighted by atomic mass is 10.2. The minimum Gasteiger partial charge on any atom is -0.444 e. The van der Waals surface area contributed by atoms with Crippen LogP contribution < -0.4 is 5.32 Å². The molecule has 0 saturated carbocycles. The standard InChI is InChI=1S/C14H12N2O3.C2H2/c1-3-12-13(10(2)16-19-12)15-14(17)18-9-11-7-5-4-6-8-11;1-2/h1,4-8H,9H2,2H3,(H,15,17);1-2H. The molecule has 0 aliphatic heterocycles. The molecule has 0 saturated heterocycles. The molecule has 0 radical (unpaired) electrons. The van der Waals surface area contributed by atoms with Crippen LogP contribution in [0.4, 0.5) is 10.5 Å². The quantitative estimate of drug-likeness (QED) is 0.879. The van der Waals surface area contributed by atoms with Gasteiger partial charge in [0.05, 0.1) is 0 Å². The van der Waals surface area contributed by atoms with E-state index in [9.17, 15) is 4.79 Å². The van der Waals surface area contributed by atoms with E-state index in [1.54, 1.807) is 6.92 Å². The molecule has 1 amide bonds. The first-order valence-corrected chi connectivity index (χ1v) is 5.94. The zero-order chi connectivity index (χ0) is 15.7. The van der Waals surface area contributed by atoms with Crippen molar-refractivity contribution in [2.45, 2.75) is 13.5 Å². The summed E-state index contributed by atoms with van der Waals surface area (Å²) in [7, 11) is 0. The smallest absolute Gasteiger partial charge is 0.412 e. The number of amides is 1. The van der Waals surface area contributed by atoms with Gasteiger partial charge in [0, 0.05) is 0 Å². The van der Waals surface area contributed by atoms with E-state index in [4.69, 9.17) is 15.7 Å². The van der Waals surface area contributed by atoms with Crippen molar-refractivity contribution < 1.29 is 14.1 Å². The summed E-state index contributed by atoms with van der Waals surface area (Å²) in [6, 6.07) is 9.37. The first-order valence-electron chi connectivity index (χ1n) is 5.94. The molecule has 1 N–H and O–H groups in total. The molecule has 106 valence electrons. The predicted molar refractivity (Wildman–Crippen MR) is 79.3 cm³/mol. The second-order valence-electron chi connectivity index (χ2n) is 3.80. The highest BCUT2D eigenvalue weighted by atomic mass is 16.5. The number of benzene rings is 1. The van der Waals surface area contributed by atoms with Crippen molar-refractivity contribution in [3.63, 3.8) is 0 Å². The third-order valence-electron chi connectivity index (χ3n) is 2.43. The first kappa shape index (κ1) is 15.9. The molecule has 5 nitrogen and oxygen atoms in total. The number of carbonyl (C=O) groups excluding carboxylic acids is 1. The van der Waals surface area contributed by atoms with Crippen molar-refractivity contribution >= 4 is 11.8 Å². The average Bonchev–Trinajstić information content (AvgIpc) is 2.89. The van der Waals surface area contributed by atoms with Gasteiger partial charge in [-0.3, -0.25) is 5.32 Å². The fraction of sp³-hybridized carbons (Fsp3) is 0.125. The van der Waals surface area contributed by atoms with Crippen molar-refractivity contribution in [2.75, 3.05) is 5.32 Å². The highest BCUT2D eigenvalue weighted by molar-refractivity contribution is 5.86. The molecule has 2 rings (SSSR count). The molecule has 5 heteroatoms. The van der Waals surface area contributed by atoms with Crippen LogP contribution in [-0.4, -0.2) is 11.2 Å². The number of hydrogen-bond acceptors (Lipinski definition) is 4. The summed E-state index contributed by atoms with van der Waals surface area (Å²) in [4.78, 5) is 11.6. The van der Waals surface area contributed by atoms with E-state index in [2.05, 4.69) is 29.2 Å². The largest absolute Gasteiger partial charge is 0.444 e. The number of anilines is 1. The summed E-state index contributed by atoms with van der Waals surface area (Å²) in [6.07, 6.45) is 12.6. The number of rotatable bonds is 3. The SMILES string of the molecule is C#C.C#Cc1onc(C)c1NC(=O)OCc1ccccc1. The molecule has 0 aliphatic carbocycles. The Morgan fingerprint density at radius 3 is 2.67 bits per heavy atom. The summed E-state index contributed by atoms with van der Waals surface area (Å²) in [5, 5.41) is 6.19. The molecule has 0 unspecified atom stereocenters. The molecule has 1 aromatic carbocycles. The number of terminal acetylenes is 2. The molecule has 2 aromatic rings. The Labute approximate surface area is 123 Å². The molecule has 1 aromatic heterocycles. The zero-order valence-electron chi connectivity index (χ0n) is 11.5. The van der Waals surface area contributed by atoms with Crippen LogP contribution in [0, 0.1) is 32.1 Å². The van der Waals surface area contributed by atoms with Crippen molar-refractivity contribution in [2.24, 2.45) is 0 Å². The van der Waals surface area contributed by atoms with Crippen molar-refractivity contribution in [1.82, 2.24) is 5.16 Å². The highest BCUT2D eigenvalue weighted by Gasteiger charge is 2.14. The van der Waals surface area contributed by atoms with E-state index in [0.29, 0.717) is 11.4 Å². The summed E-state index contributed by atoms with van der Waals surface area (Å²) < 4.78 is 9.92. The van der Waals surface area contributed by atoms with Gasteiger partial charge in [0.1, 0.15) is 18.0 Å². The molecule has 0 atom stereocenters. The van der Waals surface area contributed by atoms with Crippen LogP contribution in [0.1, 0.15) is 17.0 Å². The fourth-order valence-electron chi connectivity index (χ4n) is 1.48. The van der Waals surface area contributed by atoms with Gasteiger partial charge in [-0.05, 0) is 18.4 Å². The normalized spacial score (nSPS) is 8.86. The van der Waals surface area contributed by atoms with Gasteiger partial charge in [0.15, 0.2) is 0 Å². The third-order valence-corrected chi connectivity index (χ3v) is 2.43. The Balaban J connectivity index is 0.00000106. The van der Waals surface area contributed by atoms with E-state index < -0.39 is 6.09 Å². The van der Waals surface area contributed by atoms with E-state index in [1.165, 1.54) is 0 Å². The van der Waals surface area contributed by atoms with E-state index >= 15 is 0 Å². The molecule has 0 spiro atoms. The lowest BCUT2D eigenvalue weighted by Crippen LogP contribution is -2.14. The van der Waals surface area contributed by atoms with Crippen LogP contribution in [0.25, 0.3) is 0 Å². The number of aryl methyl sites for hydroxylation is 1. The van der Waals surface area contributed by atoms with E-state index in [1.807, 2.05) is 30.3 Å². The van der Waals surface area contributed by atoms with Crippen molar-refractivity contribution in [3.05, 3.63) is 47.3 Å². The highest BCUT2D eigenvalue weighted by Crippen LogP contribution is 2.19. The van der Waals surface area contributed by atoms with Crippen LogP contribution in [0.3, 0.4) is 0 Å². The summed E-state index contributed by atoms with van der Waals surface area (Å²) in [6.45, 7) is 1.86. The number of hydrogen-bond donors (Lipinski definition) is 1. The van der Waals surface area contributed by atoms with Gasteiger partial charge in [-0.2, -0.15) is 0 Å². The van der Waals surface area contributed by atoms with Crippen molar-refractivity contribution in [1.29, 1.82) is 0 Å². The van der Waals surface area contributed by atoms with E-state index in [-0.39, 0.29) is 12.4 Å². The molecule has 1 heterocycles. The monoisotopic (exact) mass is 282 g/mol. The minimum absolute atomic E-state index is 0.175. The van der Waals surface area contributed by atoms with Gasteiger partial charge in [0.2, 0.25) is 5.76 Å². The second kappa shape index (κ2) is 8.08. The molecule has 0 bridgehead atoms. The average molecular weight is 282 g/mol. The Bertz CT molecular complexity index is 651. The number of ether oxygens (including phenoxy) is 1. The Hall–Kier alpha value is -3.18. The van der Waals surface area contributed by atoms with Gasteiger partial charge < -0.3 is 9.26 Å². The van der Waals surface area contributed by atoms with Gasteiger partial charge in [0.25, 0.3) is 0 Å². The Morgan fingerprint density at radius 1 is 1.38 bits per heavy atom. The van der Waals surface area contributed by atoms with Crippen LogP contribution >= 0.6 is 0 Å². The van der Waals surface area contributed by atoms with Gasteiger partial charge in [-0.25, -0.2) is 4.79 Å². The third kappa shape index (κ3) is 4.45. The number of aromatic nitrogens is 1. The lowest BCUT2D eigenvalue weighted by Gasteiger charge is -2.06. The van der Waals surface area contributed by atoms with Crippen LogP contribution in [0.2, 0.25) is 0 Å². The van der Waals surface area contributed by atoms with Crippen molar-refractivity contribution in [3.8, 4) is 25.2 Å². The van der Waals surface area contributed by atoms with Gasteiger partial charge in [-0.15, -0.1) is 19.3 Å². The topological polar surface area (TPSA) is 64.4 Å². The van der Waals surface area contributed by atoms with Crippen LogP contribution in [0.5, 0.6) is 0 Å². The maximum Gasteiger partial charge on any atom is 0.412 e. The Morgan fingerprint density at radius 2 is 2.05 bits per heavy atom. The molecule has 0 fully saturated rings. The maximum atomic E-state index is 11.6. The van der Waals surface area contributed by atoms with Gasteiger partial charge >= 0.3 is 6.09 Å². The predicted octanol–water partition coefficient (Wildman–Crippen LogP) is 2.96. The lowest BCUT2D eigenvalue weighted by molar-refractivity contribution is 0.155.